The Morgan fingerprint density at radius 1 is 1.32 bits per heavy atom. The van der Waals surface area contributed by atoms with Gasteiger partial charge in [0.1, 0.15) is 0 Å². The number of hydrogen-bond acceptors (Lipinski definition) is 7. The summed E-state index contributed by atoms with van der Waals surface area (Å²) in [5.41, 5.74) is 1.94. The summed E-state index contributed by atoms with van der Waals surface area (Å²) in [7, 11) is -3.09. The first-order valence-corrected chi connectivity index (χ1v) is 12.1. The summed E-state index contributed by atoms with van der Waals surface area (Å²) in [6.45, 7) is 5.39. The van der Waals surface area contributed by atoms with Gasteiger partial charge in [0.15, 0.2) is 15.0 Å². The summed E-state index contributed by atoms with van der Waals surface area (Å²) < 4.78 is 30.6. The molecule has 156 valence electrons. The number of aromatic nitrogens is 2. The third-order valence-corrected chi connectivity index (χ3v) is 7.73. The van der Waals surface area contributed by atoms with E-state index in [-0.39, 0.29) is 23.4 Å². The number of ether oxygens (including phenoxy) is 1. The lowest BCUT2D eigenvalue weighted by molar-refractivity contribution is -0.117. The van der Waals surface area contributed by atoms with Crippen LogP contribution in [0.2, 0.25) is 0 Å². The Morgan fingerprint density at radius 3 is 2.75 bits per heavy atom. The molecule has 2 fully saturated rings. The largest absolute Gasteiger partial charge is 0.376 e. The van der Waals surface area contributed by atoms with Gasteiger partial charge in [-0.2, -0.15) is 0 Å². The molecule has 2 N–H and O–H groups in total. The number of amides is 3. The van der Waals surface area contributed by atoms with Gasteiger partial charge in [-0.15, -0.1) is 0 Å². The quantitative estimate of drug-likeness (QED) is 0.640. The van der Waals surface area contributed by atoms with Gasteiger partial charge in [0.2, 0.25) is 5.91 Å². The molecule has 0 bridgehead atoms. The third-order valence-electron chi connectivity index (χ3n) is 4.99. The molecule has 0 spiro atoms. The zero-order valence-corrected chi connectivity index (χ0v) is 17.7. The Balaban J connectivity index is 1.50. The highest BCUT2D eigenvalue weighted by Gasteiger charge is 2.29. The Morgan fingerprint density at radius 2 is 2.11 bits per heavy atom. The maximum atomic E-state index is 12.1. The average molecular weight is 431 g/mol. The molecular weight excluding hydrogens is 404 g/mol. The molecule has 2 unspecified atom stereocenters. The van der Waals surface area contributed by atoms with Gasteiger partial charge in [-0.3, -0.25) is 10.1 Å². The third kappa shape index (κ3) is 5.48. The van der Waals surface area contributed by atoms with Crippen molar-refractivity contribution in [3.63, 3.8) is 0 Å². The fourth-order valence-electron chi connectivity index (χ4n) is 3.36. The van der Waals surface area contributed by atoms with Gasteiger partial charge in [0.05, 0.1) is 35.6 Å². The molecule has 0 radical (unpaired) electrons. The number of imidazole rings is 1. The van der Waals surface area contributed by atoms with Gasteiger partial charge in [0, 0.05) is 18.3 Å². The first-order valence-electron chi connectivity index (χ1n) is 9.32. The highest BCUT2D eigenvalue weighted by atomic mass is 32.2. The number of sulfone groups is 1. The van der Waals surface area contributed by atoms with Gasteiger partial charge in [0.25, 0.3) is 0 Å². The number of nitrogens with zero attached hydrogens (tertiary/aromatic N) is 2. The van der Waals surface area contributed by atoms with E-state index in [9.17, 15) is 18.0 Å². The molecule has 1 aromatic rings. The van der Waals surface area contributed by atoms with Crippen molar-refractivity contribution in [3.05, 3.63) is 11.4 Å². The van der Waals surface area contributed by atoms with Crippen LogP contribution in [0.3, 0.4) is 0 Å². The number of hydrogen-bond donors (Lipinski definition) is 2. The van der Waals surface area contributed by atoms with Gasteiger partial charge in [-0.25, -0.2) is 18.2 Å². The fraction of sp³-hybridized carbons (Fsp3) is 0.706. The molecule has 0 aromatic carbocycles. The average Bonchev–Trinajstić information content (AvgIpc) is 3.30. The van der Waals surface area contributed by atoms with Gasteiger partial charge < -0.3 is 14.6 Å². The van der Waals surface area contributed by atoms with E-state index in [1.165, 1.54) is 11.8 Å². The smallest absolute Gasteiger partial charge is 0.321 e. The van der Waals surface area contributed by atoms with Crippen LogP contribution in [0.1, 0.15) is 30.7 Å². The second kappa shape index (κ2) is 8.83. The Bertz CT molecular complexity index is 846. The lowest BCUT2D eigenvalue weighted by Crippen LogP contribution is -2.45. The molecule has 0 saturated carbocycles. The molecule has 3 amide bonds. The van der Waals surface area contributed by atoms with Crippen molar-refractivity contribution in [2.24, 2.45) is 0 Å². The summed E-state index contributed by atoms with van der Waals surface area (Å²) >= 11 is 1.27. The molecular formula is C17H26N4O5S2. The minimum atomic E-state index is -3.09. The minimum Gasteiger partial charge on any atom is -0.376 e. The van der Waals surface area contributed by atoms with Crippen molar-refractivity contribution in [2.45, 2.75) is 57.0 Å². The van der Waals surface area contributed by atoms with E-state index in [4.69, 9.17) is 4.74 Å². The van der Waals surface area contributed by atoms with Crippen LogP contribution in [0.15, 0.2) is 5.16 Å². The molecule has 1 aromatic heterocycles. The van der Waals surface area contributed by atoms with E-state index in [2.05, 4.69) is 20.2 Å². The number of carbonyl (C=O) groups excluding carboxylic acids is 2. The molecule has 0 aliphatic carbocycles. The molecule has 11 heteroatoms. The zero-order chi connectivity index (χ0) is 20.3. The summed E-state index contributed by atoms with van der Waals surface area (Å²) in [4.78, 5) is 28.5. The number of carbonyl (C=O) groups is 2. The van der Waals surface area contributed by atoms with Crippen LogP contribution >= 0.6 is 11.8 Å². The summed E-state index contributed by atoms with van der Waals surface area (Å²) in [5.74, 6) is -0.431. The second-order valence-corrected chi connectivity index (χ2v) is 10.4. The van der Waals surface area contributed by atoms with Crippen LogP contribution in [0.4, 0.5) is 4.79 Å². The molecule has 9 nitrogen and oxygen atoms in total. The number of thioether (sulfide) groups is 1. The predicted molar refractivity (Wildman–Crippen MR) is 105 cm³/mol. The summed E-state index contributed by atoms with van der Waals surface area (Å²) in [6, 6.07) is -1.11. The van der Waals surface area contributed by atoms with E-state index in [1.54, 1.807) is 0 Å². The van der Waals surface area contributed by atoms with Crippen LogP contribution in [-0.2, 0) is 25.9 Å². The topological polar surface area (TPSA) is 119 Å². The fourth-order valence-corrected chi connectivity index (χ4v) is 5.94. The summed E-state index contributed by atoms with van der Waals surface area (Å²) in [6.07, 6.45) is 2.60. The molecule has 3 rings (SSSR count). The van der Waals surface area contributed by atoms with Crippen LogP contribution < -0.4 is 10.6 Å². The maximum Gasteiger partial charge on any atom is 0.321 e. The van der Waals surface area contributed by atoms with Gasteiger partial charge in [-0.1, -0.05) is 11.8 Å². The van der Waals surface area contributed by atoms with Crippen LogP contribution in [0.5, 0.6) is 0 Å². The standard InChI is InChI=1S/C17H26N4O5S2/c1-11-12(2)21(8-14-4-3-6-26-14)17(18-11)27-9-15(22)20-16(23)19-13-5-7-28(24,25)10-13/h13-14H,3-10H2,1-2H3,(H2,19,20,22,23). The van der Waals surface area contributed by atoms with Crippen molar-refractivity contribution >= 4 is 33.5 Å². The van der Waals surface area contributed by atoms with E-state index in [0.29, 0.717) is 13.0 Å². The Hall–Kier alpha value is -1.59. The van der Waals surface area contributed by atoms with E-state index in [0.717, 1.165) is 36.0 Å². The monoisotopic (exact) mass is 430 g/mol. The molecule has 2 aliphatic rings. The van der Waals surface area contributed by atoms with Crippen molar-refractivity contribution in [3.8, 4) is 0 Å². The normalized spacial score (nSPS) is 23.6. The van der Waals surface area contributed by atoms with Gasteiger partial charge in [-0.05, 0) is 33.1 Å². The Kier molecular flexibility index (Phi) is 6.66. The molecule has 28 heavy (non-hydrogen) atoms. The van der Waals surface area contributed by atoms with Crippen molar-refractivity contribution in [2.75, 3.05) is 23.9 Å². The second-order valence-electron chi connectivity index (χ2n) is 7.22. The highest BCUT2D eigenvalue weighted by Crippen LogP contribution is 2.24. The highest BCUT2D eigenvalue weighted by molar-refractivity contribution is 7.99. The molecule has 2 saturated heterocycles. The number of urea groups is 1. The number of nitrogens with one attached hydrogen (secondary N) is 2. The SMILES string of the molecule is Cc1nc(SCC(=O)NC(=O)NC2CCS(=O)(=O)C2)n(CC2CCCO2)c1C. The van der Waals surface area contributed by atoms with E-state index < -0.39 is 27.8 Å². The maximum absolute atomic E-state index is 12.1. The number of imide groups is 1. The van der Waals surface area contributed by atoms with Crippen LogP contribution in [-0.4, -0.2) is 65.9 Å². The van der Waals surface area contributed by atoms with Crippen molar-refractivity contribution < 1.29 is 22.7 Å². The number of rotatable bonds is 6. The van der Waals surface area contributed by atoms with Crippen molar-refractivity contribution in [1.29, 1.82) is 0 Å². The minimum absolute atomic E-state index is 0.0395. The van der Waals surface area contributed by atoms with Crippen molar-refractivity contribution in [1.82, 2.24) is 20.2 Å². The predicted octanol–water partition coefficient (Wildman–Crippen LogP) is 0.784. The van der Waals surface area contributed by atoms with E-state index >= 15 is 0 Å². The summed E-state index contributed by atoms with van der Waals surface area (Å²) in [5, 5.41) is 5.52. The molecule has 3 heterocycles. The van der Waals surface area contributed by atoms with Crippen LogP contribution in [0, 0.1) is 13.8 Å². The zero-order valence-electron chi connectivity index (χ0n) is 16.1. The molecule has 2 atom stereocenters. The molecule has 2 aliphatic heterocycles. The Labute approximate surface area is 168 Å². The lowest BCUT2D eigenvalue weighted by atomic mass is 10.2. The van der Waals surface area contributed by atoms with Gasteiger partial charge >= 0.3 is 6.03 Å². The number of aryl methyl sites for hydroxylation is 1. The lowest BCUT2D eigenvalue weighted by Gasteiger charge is -2.15. The first-order chi connectivity index (χ1) is 13.2. The van der Waals surface area contributed by atoms with E-state index in [1.807, 2.05) is 13.8 Å². The first kappa shape index (κ1) is 21.1. The van der Waals surface area contributed by atoms with Crippen LogP contribution in [0.25, 0.3) is 0 Å².